The molecule has 0 radical (unpaired) electrons. The molecule has 0 spiro atoms. The minimum Gasteiger partial charge on any atom is -0.388 e. The molecule has 0 saturated heterocycles. The lowest BCUT2D eigenvalue weighted by molar-refractivity contribution is 0.660. The zero-order chi connectivity index (χ0) is 43.5. The average molecular weight is 806 g/mol. The van der Waals surface area contributed by atoms with Gasteiger partial charge in [-0.3, -0.25) is 0 Å². The van der Waals surface area contributed by atoms with Crippen molar-refractivity contribution in [3.8, 4) is 44.5 Å². The van der Waals surface area contributed by atoms with Gasteiger partial charge in [-0.15, -0.1) is 0 Å². The molecule has 0 bridgehead atoms. The van der Waals surface area contributed by atoms with Gasteiger partial charge in [-0.2, -0.15) is 0 Å². The molecule has 8 aromatic rings. The maximum absolute atomic E-state index is 3.03. The van der Waals surface area contributed by atoms with Crippen LogP contribution < -0.4 is 5.32 Å². The van der Waals surface area contributed by atoms with Crippen LogP contribution in [0.5, 0.6) is 0 Å². The van der Waals surface area contributed by atoms with Crippen LogP contribution in [0.25, 0.3) is 56.2 Å². The number of benzene rings is 8. The summed E-state index contributed by atoms with van der Waals surface area (Å²) in [6.45, 7) is 13.4. The first-order valence-corrected chi connectivity index (χ1v) is 21.9. The van der Waals surface area contributed by atoms with E-state index in [1.807, 2.05) is 43.4 Å². The summed E-state index contributed by atoms with van der Waals surface area (Å²) in [7, 11) is 1.91. The molecule has 1 N–H and O–H groups in total. The molecule has 62 heavy (non-hydrogen) atoms. The Hall–Kier alpha value is -6.96. The van der Waals surface area contributed by atoms with Gasteiger partial charge in [0.15, 0.2) is 0 Å². The summed E-state index contributed by atoms with van der Waals surface area (Å²) >= 11 is 0. The topological polar surface area (TPSA) is 12.0 Å². The summed E-state index contributed by atoms with van der Waals surface area (Å²) in [5.74, 6) is 0. The molecule has 0 aromatic heterocycles. The van der Waals surface area contributed by atoms with Gasteiger partial charge in [-0.05, 0) is 135 Å². The average Bonchev–Trinajstić information content (AvgIpc) is 3.54. The van der Waals surface area contributed by atoms with Crippen LogP contribution in [0.4, 0.5) is 5.69 Å². The van der Waals surface area contributed by atoms with Crippen molar-refractivity contribution in [1.29, 1.82) is 0 Å². The summed E-state index contributed by atoms with van der Waals surface area (Å²) < 4.78 is 0. The first-order chi connectivity index (χ1) is 30.2. The van der Waals surface area contributed by atoms with Gasteiger partial charge in [0, 0.05) is 18.2 Å². The van der Waals surface area contributed by atoms with Crippen LogP contribution in [0.1, 0.15) is 66.1 Å². The van der Waals surface area contributed by atoms with Crippen LogP contribution in [-0.2, 0) is 5.41 Å². The molecule has 8 aromatic carbocycles. The molecule has 0 heterocycles. The van der Waals surface area contributed by atoms with E-state index in [9.17, 15) is 0 Å². The van der Waals surface area contributed by atoms with Crippen molar-refractivity contribution in [3.63, 3.8) is 0 Å². The number of para-hydroxylation sites is 1. The largest absolute Gasteiger partial charge is 0.388 e. The Balaban J connectivity index is 0.000000223. The number of nitrogens with one attached hydrogen (secondary N) is 1. The second kappa shape index (κ2) is 20.1. The standard InChI is InChI=1S/C41H38.C13H12.C7H9N/c1-6-11-31(34-24-25-37-36-14-9-10-15-39(36)41(4,5)40(37)27-34)21-17-30-18-22-32(23-19-30)33-20-16-29(3)38(26-33)35-13-8-7-12-28(35)2;1-11-6-5-9-13(10-11)12-7-3-2-4-8-12;1-8-7-5-3-2-4-6-7/h7-27H,6H2,1-5H3;2-10H,1H3;2-6,8H,1H3/b21-17-,31-11+;;. The highest BCUT2D eigenvalue weighted by Crippen LogP contribution is 2.49. The normalized spacial score (nSPS) is 12.3. The SMILES string of the molecule is CC/C=C(\C=C/c1ccc(-c2ccc(C)c(-c3ccccc3C)c2)cc1)c1ccc2c(c1)C(C)(C)c1ccccc1-2.CNc1ccccc1.Cc1cccc(-c2ccccc2)c1. The molecule has 308 valence electrons. The van der Waals surface area contributed by atoms with Crippen molar-refractivity contribution < 1.29 is 0 Å². The predicted octanol–water partition coefficient (Wildman–Crippen LogP) is 16.8. The number of fused-ring (bicyclic) bond motifs is 3. The summed E-state index contributed by atoms with van der Waals surface area (Å²) in [5.41, 5.74) is 22.1. The fraction of sp³-hybridized carbons (Fsp3) is 0.148. The predicted molar refractivity (Wildman–Crippen MR) is 271 cm³/mol. The second-order valence-corrected chi connectivity index (χ2v) is 16.7. The van der Waals surface area contributed by atoms with Crippen molar-refractivity contribution in [3.05, 3.63) is 245 Å². The minimum absolute atomic E-state index is 0.00780. The van der Waals surface area contributed by atoms with Crippen LogP contribution in [-0.4, -0.2) is 7.05 Å². The van der Waals surface area contributed by atoms with Crippen molar-refractivity contribution in [2.45, 2.75) is 53.4 Å². The third-order valence-electron chi connectivity index (χ3n) is 11.9. The zero-order valence-electron chi connectivity index (χ0n) is 37.4. The van der Waals surface area contributed by atoms with E-state index in [0.29, 0.717) is 0 Å². The Morgan fingerprint density at radius 2 is 1.06 bits per heavy atom. The maximum atomic E-state index is 3.03. The number of rotatable bonds is 8. The third-order valence-corrected chi connectivity index (χ3v) is 11.9. The summed E-state index contributed by atoms with van der Waals surface area (Å²) in [6, 6.07) is 69.3. The minimum atomic E-state index is 0.00780. The van der Waals surface area contributed by atoms with E-state index in [1.165, 1.54) is 89.0 Å². The third kappa shape index (κ3) is 10.1. The van der Waals surface area contributed by atoms with Crippen LogP contribution >= 0.6 is 0 Å². The Kier molecular flexibility index (Phi) is 14.0. The smallest absolute Gasteiger partial charge is 0.0337 e. The second-order valence-electron chi connectivity index (χ2n) is 16.7. The van der Waals surface area contributed by atoms with Gasteiger partial charge >= 0.3 is 0 Å². The first-order valence-electron chi connectivity index (χ1n) is 21.9. The Morgan fingerprint density at radius 1 is 0.484 bits per heavy atom. The van der Waals surface area contributed by atoms with Gasteiger partial charge in [0.05, 0.1) is 0 Å². The number of aryl methyl sites for hydroxylation is 3. The van der Waals surface area contributed by atoms with E-state index in [1.54, 1.807) is 0 Å². The van der Waals surface area contributed by atoms with Crippen molar-refractivity contribution >= 4 is 17.3 Å². The molecular formula is C61H59N. The highest BCUT2D eigenvalue weighted by atomic mass is 14.8. The summed E-state index contributed by atoms with van der Waals surface area (Å²) in [5, 5.41) is 3.03. The number of allylic oxidation sites excluding steroid dienone is 3. The first kappa shape index (κ1) is 43.1. The zero-order valence-corrected chi connectivity index (χ0v) is 37.4. The quantitative estimate of drug-likeness (QED) is 0.151. The molecule has 0 unspecified atom stereocenters. The summed E-state index contributed by atoms with van der Waals surface area (Å²) in [6.07, 6.45) is 7.85. The lowest BCUT2D eigenvalue weighted by atomic mass is 9.81. The Bertz CT molecular complexity index is 2790. The van der Waals surface area contributed by atoms with E-state index in [0.717, 1.165) is 12.1 Å². The van der Waals surface area contributed by atoms with E-state index in [-0.39, 0.29) is 5.41 Å². The van der Waals surface area contributed by atoms with Crippen LogP contribution in [0.3, 0.4) is 0 Å². The number of hydrogen-bond donors (Lipinski definition) is 1. The molecule has 1 nitrogen and oxygen atoms in total. The molecule has 0 atom stereocenters. The molecule has 1 heteroatoms. The number of anilines is 1. The van der Waals surface area contributed by atoms with Crippen LogP contribution in [0.2, 0.25) is 0 Å². The van der Waals surface area contributed by atoms with E-state index < -0.39 is 0 Å². The Labute approximate surface area is 371 Å². The van der Waals surface area contributed by atoms with Crippen LogP contribution in [0.15, 0.2) is 206 Å². The molecule has 0 saturated carbocycles. The van der Waals surface area contributed by atoms with Crippen molar-refractivity contribution in [1.82, 2.24) is 0 Å². The van der Waals surface area contributed by atoms with Gasteiger partial charge in [0.25, 0.3) is 0 Å². The monoisotopic (exact) mass is 805 g/mol. The molecule has 9 rings (SSSR count). The van der Waals surface area contributed by atoms with Gasteiger partial charge in [0.2, 0.25) is 0 Å². The molecule has 1 aliphatic carbocycles. The highest BCUT2D eigenvalue weighted by Gasteiger charge is 2.35. The van der Waals surface area contributed by atoms with Gasteiger partial charge in [-0.25, -0.2) is 0 Å². The lowest BCUT2D eigenvalue weighted by Gasteiger charge is -2.22. The number of hydrogen-bond acceptors (Lipinski definition) is 1. The van der Waals surface area contributed by atoms with Gasteiger partial charge < -0.3 is 5.32 Å². The van der Waals surface area contributed by atoms with Crippen molar-refractivity contribution in [2.24, 2.45) is 0 Å². The molecule has 0 aliphatic heterocycles. The Morgan fingerprint density at radius 3 is 1.74 bits per heavy atom. The van der Waals surface area contributed by atoms with Crippen molar-refractivity contribution in [2.75, 3.05) is 12.4 Å². The van der Waals surface area contributed by atoms with E-state index >= 15 is 0 Å². The fourth-order valence-electron chi connectivity index (χ4n) is 8.39. The van der Waals surface area contributed by atoms with Gasteiger partial charge in [0.1, 0.15) is 0 Å². The fourth-order valence-corrected chi connectivity index (χ4v) is 8.39. The highest BCUT2D eigenvalue weighted by molar-refractivity contribution is 5.86. The van der Waals surface area contributed by atoms with E-state index in [2.05, 4.69) is 223 Å². The maximum Gasteiger partial charge on any atom is 0.0337 e. The molecule has 0 amide bonds. The molecule has 1 aliphatic rings. The van der Waals surface area contributed by atoms with E-state index in [4.69, 9.17) is 0 Å². The van der Waals surface area contributed by atoms with Crippen LogP contribution in [0, 0.1) is 20.8 Å². The van der Waals surface area contributed by atoms with Gasteiger partial charge in [-0.1, -0.05) is 214 Å². The summed E-state index contributed by atoms with van der Waals surface area (Å²) in [4.78, 5) is 0. The lowest BCUT2D eigenvalue weighted by Crippen LogP contribution is -2.15. The molecule has 0 fully saturated rings. The molecular weight excluding hydrogens is 747 g/mol.